The zero-order chi connectivity index (χ0) is 12.8. The Bertz CT molecular complexity index is 385. The molecular formula is C11H14F2N2O2. The lowest BCUT2D eigenvalue weighted by molar-refractivity contribution is 0.0562. The van der Waals surface area contributed by atoms with E-state index in [1.165, 1.54) is 24.3 Å². The lowest BCUT2D eigenvalue weighted by atomic mass is 10.2. The number of phenolic OH excluding ortho intramolecular Hbond substituents is 1. The van der Waals surface area contributed by atoms with Crippen molar-refractivity contribution in [3.63, 3.8) is 0 Å². The molecule has 0 heterocycles. The molecule has 0 aliphatic carbocycles. The summed E-state index contributed by atoms with van der Waals surface area (Å²) < 4.78 is 24.6. The van der Waals surface area contributed by atoms with Crippen molar-refractivity contribution < 1.29 is 18.7 Å². The van der Waals surface area contributed by atoms with Crippen LogP contribution in [0.2, 0.25) is 0 Å². The van der Waals surface area contributed by atoms with E-state index in [-0.39, 0.29) is 24.4 Å². The first-order valence-corrected chi connectivity index (χ1v) is 5.11. The Morgan fingerprint density at radius 3 is 2.71 bits per heavy atom. The van der Waals surface area contributed by atoms with Crippen LogP contribution in [0.25, 0.3) is 0 Å². The number of hydrogen-bond acceptors (Lipinski definition) is 3. The molecule has 0 aromatic heterocycles. The maximum absolute atomic E-state index is 12.3. The summed E-state index contributed by atoms with van der Waals surface area (Å²) in [5.74, 6) is -0.646. The van der Waals surface area contributed by atoms with Crippen molar-refractivity contribution >= 4 is 5.91 Å². The predicted molar refractivity (Wildman–Crippen MR) is 59.1 cm³/mol. The smallest absolute Gasteiger partial charge is 0.255 e. The molecule has 0 aliphatic rings. The maximum atomic E-state index is 12.3. The van der Waals surface area contributed by atoms with Gasteiger partial charge in [0.05, 0.1) is 6.54 Å². The molecule has 0 saturated carbocycles. The summed E-state index contributed by atoms with van der Waals surface area (Å²) in [6.45, 7) is -0.498. The fourth-order valence-electron chi connectivity index (χ4n) is 1.42. The molecule has 17 heavy (non-hydrogen) atoms. The third-order valence-corrected chi connectivity index (χ3v) is 2.14. The van der Waals surface area contributed by atoms with Gasteiger partial charge < -0.3 is 15.7 Å². The number of hydrogen-bond donors (Lipinski definition) is 2. The van der Waals surface area contributed by atoms with E-state index in [2.05, 4.69) is 0 Å². The number of phenols is 1. The molecule has 4 nitrogen and oxygen atoms in total. The van der Waals surface area contributed by atoms with Gasteiger partial charge in [0.15, 0.2) is 0 Å². The molecule has 94 valence electrons. The van der Waals surface area contributed by atoms with Crippen LogP contribution in [-0.2, 0) is 0 Å². The van der Waals surface area contributed by atoms with Crippen LogP contribution in [0.15, 0.2) is 24.3 Å². The van der Waals surface area contributed by atoms with E-state index in [0.29, 0.717) is 0 Å². The van der Waals surface area contributed by atoms with Crippen molar-refractivity contribution in [3.8, 4) is 5.75 Å². The Morgan fingerprint density at radius 1 is 1.47 bits per heavy atom. The van der Waals surface area contributed by atoms with Gasteiger partial charge in [0.1, 0.15) is 5.75 Å². The van der Waals surface area contributed by atoms with Gasteiger partial charge in [0, 0.05) is 18.7 Å². The van der Waals surface area contributed by atoms with Gasteiger partial charge in [-0.2, -0.15) is 0 Å². The molecule has 3 N–H and O–H groups in total. The van der Waals surface area contributed by atoms with Crippen LogP contribution < -0.4 is 5.73 Å². The first-order valence-electron chi connectivity index (χ1n) is 5.11. The number of benzene rings is 1. The molecule has 0 fully saturated rings. The van der Waals surface area contributed by atoms with E-state index in [0.717, 1.165) is 4.90 Å². The first kappa shape index (κ1) is 13.4. The second kappa shape index (κ2) is 6.15. The van der Waals surface area contributed by atoms with Crippen LogP contribution in [0.1, 0.15) is 10.4 Å². The molecule has 0 bridgehead atoms. The van der Waals surface area contributed by atoms with Crippen LogP contribution in [0, 0.1) is 0 Å². The van der Waals surface area contributed by atoms with Crippen LogP contribution in [0.5, 0.6) is 5.75 Å². The molecule has 0 unspecified atom stereocenters. The molecule has 0 spiro atoms. The molecule has 1 aromatic rings. The third-order valence-electron chi connectivity index (χ3n) is 2.14. The van der Waals surface area contributed by atoms with Gasteiger partial charge in [-0.3, -0.25) is 4.79 Å². The summed E-state index contributed by atoms with van der Waals surface area (Å²) in [6, 6.07) is 5.57. The number of amides is 1. The Hall–Kier alpha value is -1.69. The van der Waals surface area contributed by atoms with E-state index in [1.807, 2.05) is 0 Å². The van der Waals surface area contributed by atoms with Gasteiger partial charge in [-0.15, -0.1) is 0 Å². The number of halogens is 2. The summed E-state index contributed by atoms with van der Waals surface area (Å²) in [7, 11) is 0. The number of rotatable bonds is 5. The highest BCUT2D eigenvalue weighted by atomic mass is 19.3. The second-order valence-corrected chi connectivity index (χ2v) is 3.48. The highest BCUT2D eigenvalue weighted by molar-refractivity contribution is 5.94. The number of nitrogens with zero attached hydrogens (tertiary/aromatic N) is 1. The largest absolute Gasteiger partial charge is 0.508 e. The van der Waals surface area contributed by atoms with E-state index in [4.69, 9.17) is 5.73 Å². The van der Waals surface area contributed by atoms with Crippen LogP contribution in [-0.4, -0.2) is 42.0 Å². The summed E-state index contributed by atoms with van der Waals surface area (Å²) in [4.78, 5) is 12.8. The quantitative estimate of drug-likeness (QED) is 0.813. The number of alkyl halides is 2. The maximum Gasteiger partial charge on any atom is 0.255 e. The fourth-order valence-corrected chi connectivity index (χ4v) is 1.42. The lowest BCUT2D eigenvalue weighted by Gasteiger charge is -2.21. The van der Waals surface area contributed by atoms with Crippen LogP contribution >= 0.6 is 0 Å². The van der Waals surface area contributed by atoms with Crippen molar-refractivity contribution in [1.82, 2.24) is 4.90 Å². The second-order valence-electron chi connectivity index (χ2n) is 3.48. The van der Waals surface area contributed by atoms with E-state index in [9.17, 15) is 18.7 Å². The van der Waals surface area contributed by atoms with Gasteiger partial charge in [-0.05, 0) is 18.2 Å². The number of carbonyl (C=O) groups is 1. The molecule has 6 heteroatoms. The van der Waals surface area contributed by atoms with Crippen LogP contribution in [0.3, 0.4) is 0 Å². The minimum atomic E-state index is -2.61. The molecule has 1 aromatic carbocycles. The SMILES string of the molecule is NCCN(CC(F)F)C(=O)c1cccc(O)c1. The molecule has 1 amide bonds. The molecular weight excluding hydrogens is 230 g/mol. The summed E-state index contributed by atoms with van der Waals surface area (Å²) in [6.07, 6.45) is -2.61. The van der Waals surface area contributed by atoms with Crippen molar-refractivity contribution in [2.24, 2.45) is 5.73 Å². The zero-order valence-corrected chi connectivity index (χ0v) is 9.14. The standard InChI is InChI=1S/C11H14F2N2O2/c12-10(13)7-15(5-4-14)11(17)8-2-1-3-9(16)6-8/h1-3,6,10,16H,4-5,7,14H2. The van der Waals surface area contributed by atoms with E-state index in [1.54, 1.807) is 0 Å². The highest BCUT2D eigenvalue weighted by Crippen LogP contribution is 2.13. The summed E-state index contributed by atoms with van der Waals surface area (Å²) in [5.41, 5.74) is 5.43. The Morgan fingerprint density at radius 2 is 2.18 bits per heavy atom. The molecule has 0 atom stereocenters. The van der Waals surface area contributed by atoms with Gasteiger partial charge in [-0.1, -0.05) is 6.07 Å². The van der Waals surface area contributed by atoms with Gasteiger partial charge in [0.2, 0.25) is 0 Å². The van der Waals surface area contributed by atoms with E-state index >= 15 is 0 Å². The van der Waals surface area contributed by atoms with Crippen LogP contribution in [0.4, 0.5) is 8.78 Å². The number of nitrogens with two attached hydrogens (primary N) is 1. The monoisotopic (exact) mass is 244 g/mol. The number of aromatic hydroxyl groups is 1. The minimum Gasteiger partial charge on any atom is -0.508 e. The average Bonchev–Trinajstić information content (AvgIpc) is 2.27. The van der Waals surface area contributed by atoms with Gasteiger partial charge in [0.25, 0.3) is 12.3 Å². The predicted octanol–water partition coefficient (Wildman–Crippen LogP) is 1.06. The van der Waals surface area contributed by atoms with Crippen molar-refractivity contribution in [2.75, 3.05) is 19.6 Å². The Kier molecular flexibility index (Phi) is 4.84. The Balaban J connectivity index is 2.83. The van der Waals surface area contributed by atoms with Crippen molar-refractivity contribution in [2.45, 2.75) is 6.43 Å². The third kappa shape index (κ3) is 3.99. The first-order chi connectivity index (χ1) is 8.04. The van der Waals surface area contributed by atoms with E-state index < -0.39 is 18.9 Å². The van der Waals surface area contributed by atoms with Crippen molar-refractivity contribution in [3.05, 3.63) is 29.8 Å². The molecule has 1 rings (SSSR count). The zero-order valence-electron chi connectivity index (χ0n) is 9.14. The summed E-state index contributed by atoms with van der Waals surface area (Å²) in [5, 5.41) is 9.21. The Labute approximate surface area is 97.6 Å². The lowest BCUT2D eigenvalue weighted by Crippen LogP contribution is -2.38. The van der Waals surface area contributed by atoms with Crippen molar-refractivity contribution in [1.29, 1.82) is 0 Å². The normalized spacial score (nSPS) is 10.6. The minimum absolute atomic E-state index is 0.0544. The molecule has 0 radical (unpaired) electrons. The van der Waals surface area contributed by atoms with Gasteiger partial charge >= 0.3 is 0 Å². The number of carbonyl (C=O) groups excluding carboxylic acids is 1. The summed E-state index contributed by atoms with van der Waals surface area (Å²) >= 11 is 0. The average molecular weight is 244 g/mol. The molecule has 0 aliphatic heterocycles. The topological polar surface area (TPSA) is 66.6 Å². The van der Waals surface area contributed by atoms with Gasteiger partial charge in [-0.25, -0.2) is 8.78 Å². The fraction of sp³-hybridized carbons (Fsp3) is 0.364. The highest BCUT2D eigenvalue weighted by Gasteiger charge is 2.19. The molecule has 0 saturated heterocycles.